The zero-order chi connectivity index (χ0) is 19.1. The Morgan fingerprint density at radius 2 is 1.70 bits per heavy atom. The Bertz CT molecular complexity index is 947. The molecule has 27 heavy (non-hydrogen) atoms. The van der Waals surface area contributed by atoms with Gasteiger partial charge in [-0.25, -0.2) is 4.68 Å². The Morgan fingerprint density at radius 1 is 0.963 bits per heavy atom. The molecule has 1 N–H and O–H groups in total. The third kappa shape index (κ3) is 5.14. The molecule has 0 atom stereocenters. The highest BCUT2D eigenvalue weighted by Crippen LogP contribution is 2.12. The largest absolute Gasteiger partial charge is 0.321 e. The molecule has 0 aliphatic rings. The number of aryl methyl sites for hydroxylation is 1. The Morgan fingerprint density at radius 3 is 2.41 bits per heavy atom. The summed E-state index contributed by atoms with van der Waals surface area (Å²) in [5.41, 5.74) is 2.89. The van der Waals surface area contributed by atoms with Gasteiger partial charge in [0, 0.05) is 11.8 Å². The lowest BCUT2D eigenvalue weighted by molar-refractivity contribution is 0.102. The van der Waals surface area contributed by atoms with Crippen molar-refractivity contribution in [2.24, 2.45) is 0 Å². The third-order valence-corrected chi connectivity index (χ3v) is 4.31. The van der Waals surface area contributed by atoms with Gasteiger partial charge in [0.1, 0.15) is 5.69 Å². The molecule has 1 aromatic heterocycles. The maximum absolute atomic E-state index is 12.5. The second kappa shape index (κ2) is 8.94. The van der Waals surface area contributed by atoms with Gasteiger partial charge < -0.3 is 5.32 Å². The van der Waals surface area contributed by atoms with Crippen molar-refractivity contribution in [1.82, 2.24) is 9.78 Å². The van der Waals surface area contributed by atoms with Crippen LogP contribution in [0, 0.1) is 0 Å². The van der Waals surface area contributed by atoms with E-state index < -0.39 is 0 Å². The molecular weight excluding hydrogens is 338 g/mol. The van der Waals surface area contributed by atoms with Crippen molar-refractivity contribution >= 4 is 11.6 Å². The van der Waals surface area contributed by atoms with Crippen LogP contribution in [-0.2, 0) is 13.0 Å². The van der Waals surface area contributed by atoms with Crippen LogP contribution in [0.25, 0.3) is 0 Å². The summed E-state index contributed by atoms with van der Waals surface area (Å²) in [6.45, 7) is 2.49. The topological polar surface area (TPSA) is 64.0 Å². The first kappa shape index (κ1) is 18.6. The number of carbonyl (C=O) groups excluding carboxylic acids is 1. The minimum atomic E-state index is -0.335. The van der Waals surface area contributed by atoms with Crippen LogP contribution in [0.5, 0.6) is 0 Å². The lowest BCUT2D eigenvalue weighted by Gasteiger charge is -2.09. The molecule has 3 aromatic rings. The molecule has 5 heteroatoms. The molecule has 5 nitrogen and oxygen atoms in total. The molecule has 1 amide bonds. The molecule has 1 heterocycles. The van der Waals surface area contributed by atoms with E-state index in [0.717, 1.165) is 24.8 Å². The predicted octanol–water partition coefficient (Wildman–Crippen LogP) is 3.89. The number of aromatic nitrogens is 2. The fourth-order valence-electron chi connectivity index (χ4n) is 2.77. The van der Waals surface area contributed by atoms with Crippen LogP contribution < -0.4 is 10.9 Å². The fourth-order valence-corrected chi connectivity index (χ4v) is 2.77. The van der Waals surface area contributed by atoms with Crippen molar-refractivity contribution in [2.75, 3.05) is 5.32 Å². The normalized spacial score (nSPS) is 10.6. The van der Waals surface area contributed by atoms with Crippen LogP contribution >= 0.6 is 0 Å². The van der Waals surface area contributed by atoms with Crippen LogP contribution in [0.15, 0.2) is 71.5 Å². The van der Waals surface area contributed by atoms with E-state index in [-0.39, 0.29) is 17.2 Å². The summed E-state index contributed by atoms with van der Waals surface area (Å²) in [7, 11) is 0. The molecule has 0 bridgehead atoms. The molecule has 0 spiro atoms. The molecule has 138 valence electrons. The number of amides is 1. The van der Waals surface area contributed by atoms with Crippen LogP contribution in [0.4, 0.5) is 5.69 Å². The molecule has 0 aliphatic heterocycles. The van der Waals surface area contributed by atoms with Crippen molar-refractivity contribution < 1.29 is 4.79 Å². The lowest BCUT2D eigenvalue weighted by Crippen LogP contribution is -2.26. The zero-order valence-corrected chi connectivity index (χ0v) is 15.4. The Labute approximate surface area is 158 Å². The van der Waals surface area contributed by atoms with Crippen LogP contribution in [0.2, 0.25) is 0 Å². The van der Waals surface area contributed by atoms with E-state index in [1.807, 2.05) is 54.6 Å². The van der Waals surface area contributed by atoms with Crippen molar-refractivity contribution in [3.8, 4) is 0 Å². The first-order valence-corrected chi connectivity index (χ1v) is 9.18. The van der Waals surface area contributed by atoms with Crippen molar-refractivity contribution in [3.63, 3.8) is 0 Å². The number of hydrogen-bond donors (Lipinski definition) is 1. The fraction of sp³-hybridized carbons (Fsp3) is 0.227. The standard InChI is InChI=1S/C22H23N3O2/c1-2-3-7-17-10-12-19(13-11-17)23-22(27)20-14-15-21(26)25(24-20)16-18-8-5-4-6-9-18/h4-6,8-15H,2-3,7,16H2,1H3,(H,23,27). The number of nitrogens with zero attached hydrogens (tertiary/aromatic N) is 2. The first-order chi connectivity index (χ1) is 13.2. The van der Waals surface area contributed by atoms with E-state index >= 15 is 0 Å². The number of unbranched alkanes of at least 4 members (excludes halogenated alkanes) is 1. The predicted molar refractivity (Wildman–Crippen MR) is 107 cm³/mol. The van der Waals surface area contributed by atoms with Gasteiger partial charge in [-0.15, -0.1) is 0 Å². The highest BCUT2D eigenvalue weighted by molar-refractivity contribution is 6.02. The average molecular weight is 361 g/mol. The van der Waals surface area contributed by atoms with Crippen LogP contribution in [0.1, 0.15) is 41.4 Å². The summed E-state index contributed by atoms with van der Waals surface area (Å²) in [5.74, 6) is -0.335. The maximum Gasteiger partial charge on any atom is 0.276 e. The number of nitrogens with one attached hydrogen (secondary N) is 1. The van der Waals surface area contributed by atoms with Gasteiger partial charge >= 0.3 is 0 Å². The second-order valence-electron chi connectivity index (χ2n) is 6.45. The second-order valence-corrected chi connectivity index (χ2v) is 6.45. The minimum Gasteiger partial charge on any atom is -0.321 e. The zero-order valence-electron chi connectivity index (χ0n) is 15.4. The van der Waals surface area contributed by atoms with Gasteiger partial charge in [-0.05, 0) is 42.2 Å². The van der Waals surface area contributed by atoms with E-state index in [1.165, 1.54) is 22.4 Å². The molecule has 0 saturated carbocycles. The average Bonchev–Trinajstić information content (AvgIpc) is 2.70. The highest BCUT2D eigenvalue weighted by Gasteiger charge is 2.10. The minimum absolute atomic E-state index is 0.209. The molecule has 2 aromatic carbocycles. The number of carbonyl (C=O) groups is 1. The van der Waals surface area contributed by atoms with Gasteiger partial charge in [0.15, 0.2) is 0 Å². The van der Waals surface area contributed by atoms with Crippen LogP contribution in [-0.4, -0.2) is 15.7 Å². The van der Waals surface area contributed by atoms with E-state index in [4.69, 9.17) is 0 Å². The molecule has 0 saturated heterocycles. The van der Waals surface area contributed by atoms with Gasteiger partial charge in [-0.1, -0.05) is 55.8 Å². The molecule has 0 radical (unpaired) electrons. The molecule has 0 aliphatic carbocycles. The van der Waals surface area contributed by atoms with Gasteiger partial charge in [-0.3, -0.25) is 9.59 Å². The van der Waals surface area contributed by atoms with Crippen LogP contribution in [0.3, 0.4) is 0 Å². The van der Waals surface area contributed by atoms with Gasteiger partial charge in [-0.2, -0.15) is 5.10 Å². The molecule has 3 rings (SSSR count). The summed E-state index contributed by atoms with van der Waals surface area (Å²) in [6.07, 6.45) is 3.35. The molecule has 0 unspecified atom stereocenters. The van der Waals surface area contributed by atoms with Gasteiger partial charge in [0.05, 0.1) is 6.54 Å². The third-order valence-electron chi connectivity index (χ3n) is 4.31. The number of hydrogen-bond acceptors (Lipinski definition) is 3. The first-order valence-electron chi connectivity index (χ1n) is 9.18. The monoisotopic (exact) mass is 361 g/mol. The Kier molecular flexibility index (Phi) is 6.15. The van der Waals surface area contributed by atoms with E-state index in [1.54, 1.807) is 0 Å². The van der Waals surface area contributed by atoms with E-state index in [9.17, 15) is 9.59 Å². The smallest absolute Gasteiger partial charge is 0.276 e. The maximum atomic E-state index is 12.5. The summed E-state index contributed by atoms with van der Waals surface area (Å²) in [6, 6.07) is 20.2. The Balaban J connectivity index is 1.71. The summed E-state index contributed by atoms with van der Waals surface area (Å²) < 4.78 is 1.30. The lowest BCUT2D eigenvalue weighted by atomic mass is 10.1. The quantitative estimate of drug-likeness (QED) is 0.694. The van der Waals surface area contributed by atoms with Crippen molar-refractivity contribution in [2.45, 2.75) is 32.7 Å². The molecular formula is C22H23N3O2. The number of benzene rings is 2. The van der Waals surface area contributed by atoms with Crippen molar-refractivity contribution in [3.05, 3.63) is 93.9 Å². The SMILES string of the molecule is CCCCc1ccc(NC(=O)c2ccc(=O)n(Cc3ccccc3)n2)cc1. The van der Waals surface area contributed by atoms with Gasteiger partial charge in [0.25, 0.3) is 11.5 Å². The van der Waals surface area contributed by atoms with Gasteiger partial charge in [0.2, 0.25) is 0 Å². The summed E-state index contributed by atoms with van der Waals surface area (Å²) in [4.78, 5) is 24.5. The Hall–Kier alpha value is -3.21. The van der Waals surface area contributed by atoms with Crippen molar-refractivity contribution in [1.29, 1.82) is 0 Å². The van der Waals surface area contributed by atoms with E-state index in [2.05, 4.69) is 17.3 Å². The number of anilines is 1. The summed E-state index contributed by atoms with van der Waals surface area (Å²) in [5, 5.41) is 7.05. The summed E-state index contributed by atoms with van der Waals surface area (Å²) >= 11 is 0. The van der Waals surface area contributed by atoms with E-state index in [0.29, 0.717) is 12.2 Å². The highest BCUT2D eigenvalue weighted by atomic mass is 16.2. The number of rotatable bonds is 7. The molecule has 0 fully saturated rings.